The Morgan fingerprint density at radius 3 is 2.29 bits per heavy atom. The maximum Gasteiger partial charge on any atom is 0.319 e. The van der Waals surface area contributed by atoms with Crippen LogP contribution in [0.4, 0.5) is 4.79 Å². The molecule has 0 radical (unpaired) electrons. The van der Waals surface area contributed by atoms with Crippen LogP contribution in [-0.2, 0) is 4.79 Å². The molecule has 0 atom stereocenters. The highest BCUT2D eigenvalue weighted by atomic mass is 16.2. The molecule has 0 aliphatic carbocycles. The second kappa shape index (κ2) is 7.64. The fraction of sp³-hybridized carbons (Fsp3) is 0.867. The summed E-state index contributed by atoms with van der Waals surface area (Å²) in [6.07, 6.45) is 4.11. The van der Waals surface area contributed by atoms with E-state index in [9.17, 15) is 9.59 Å². The van der Waals surface area contributed by atoms with E-state index in [0.717, 1.165) is 25.9 Å². The van der Waals surface area contributed by atoms with Crippen molar-refractivity contribution in [1.29, 1.82) is 0 Å². The summed E-state index contributed by atoms with van der Waals surface area (Å²) >= 11 is 0. The average molecular weight is 296 g/mol. The molecule has 21 heavy (non-hydrogen) atoms. The molecule has 0 spiro atoms. The minimum atomic E-state index is 0.0443. The zero-order valence-corrected chi connectivity index (χ0v) is 13.3. The van der Waals surface area contributed by atoms with Crippen LogP contribution < -0.4 is 5.32 Å². The number of carbonyl (C=O) groups is 2. The average Bonchev–Trinajstić information content (AvgIpc) is 2.99. The molecule has 0 bridgehead atoms. The predicted molar refractivity (Wildman–Crippen MR) is 82.1 cm³/mol. The second-order valence-corrected chi connectivity index (χ2v) is 6.28. The summed E-state index contributed by atoms with van der Waals surface area (Å²) in [5.74, 6) is 0.223. The molecule has 1 N–H and O–H groups in total. The Bertz CT molecular complexity index is 359. The van der Waals surface area contributed by atoms with Gasteiger partial charge in [0.1, 0.15) is 0 Å². The van der Waals surface area contributed by atoms with Gasteiger partial charge in [-0.15, -0.1) is 0 Å². The third kappa shape index (κ3) is 4.59. The Hall–Kier alpha value is -1.30. The number of carbonyl (C=O) groups excluding carboxylic acids is 2. The van der Waals surface area contributed by atoms with E-state index in [4.69, 9.17) is 0 Å². The molecule has 2 fully saturated rings. The summed E-state index contributed by atoms with van der Waals surface area (Å²) in [5, 5.41) is 3.05. The molecule has 3 amide bonds. The van der Waals surface area contributed by atoms with Crippen molar-refractivity contribution in [2.24, 2.45) is 5.92 Å². The van der Waals surface area contributed by atoms with Gasteiger partial charge in [0, 0.05) is 46.2 Å². The molecule has 2 aliphatic heterocycles. The Kier molecular flexibility index (Phi) is 5.85. The standard InChI is InChI=1S/C15H28N4O2/c1-17(2)15(21)19-10-5-13(6-11-19)14(20)16-7-12-18-8-3-4-9-18/h13H,3-12H2,1-2H3,(H,16,20). The maximum atomic E-state index is 12.1. The van der Waals surface area contributed by atoms with Crippen LogP contribution in [-0.4, -0.2) is 80.0 Å². The van der Waals surface area contributed by atoms with Crippen LogP contribution >= 0.6 is 0 Å². The van der Waals surface area contributed by atoms with Gasteiger partial charge in [-0.05, 0) is 38.8 Å². The van der Waals surface area contributed by atoms with E-state index >= 15 is 0 Å². The maximum absolute atomic E-state index is 12.1. The SMILES string of the molecule is CN(C)C(=O)N1CCC(C(=O)NCCN2CCCC2)CC1. The number of likely N-dealkylation sites (tertiary alicyclic amines) is 2. The number of nitrogens with one attached hydrogen (secondary N) is 1. The monoisotopic (exact) mass is 296 g/mol. The van der Waals surface area contributed by atoms with Gasteiger partial charge in [0.2, 0.25) is 5.91 Å². The number of hydrogen-bond donors (Lipinski definition) is 1. The summed E-state index contributed by atoms with van der Waals surface area (Å²) in [6.45, 7) is 5.41. The van der Waals surface area contributed by atoms with Crippen molar-refractivity contribution in [2.45, 2.75) is 25.7 Å². The van der Waals surface area contributed by atoms with Gasteiger partial charge in [-0.25, -0.2) is 4.79 Å². The first-order chi connectivity index (χ1) is 10.1. The van der Waals surface area contributed by atoms with Gasteiger partial charge in [-0.1, -0.05) is 0 Å². The molecule has 2 rings (SSSR count). The Labute approximate surface area is 127 Å². The van der Waals surface area contributed by atoms with Gasteiger partial charge >= 0.3 is 6.03 Å². The molecular weight excluding hydrogens is 268 g/mol. The van der Waals surface area contributed by atoms with Crippen molar-refractivity contribution in [3.8, 4) is 0 Å². The van der Waals surface area contributed by atoms with Crippen LogP contribution in [0.2, 0.25) is 0 Å². The van der Waals surface area contributed by atoms with E-state index in [-0.39, 0.29) is 17.9 Å². The van der Waals surface area contributed by atoms with Crippen molar-refractivity contribution in [1.82, 2.24) is 20.0 Å². The van der Waals surface area contributed by atoms with Crippen molar-refractivity contribution >= 4 is 11.9 Å². The normalized spacial score (nSPS) is 20.6. The van der Waals surface area contributed by atoms with Crippen LogP contribution in [0, 0.1) is 5.92 Å². The number of hydrogen-bond acceptors (Lipinski definition) is 3. The highest BCUT2D eigenvalue weighted by Gasteiger charge is 2.27. The van der Waals surface area contributed by atoms with E-state index in [1.54, 1.807) is 19.0 Å². The first kappa shape index (κ1) is 16.1. The van der Waals surface area contributed by atoms with Crippen LogP contribution in [0.3, 0.4) is 0 Å². The first-order valence-electron chi connectivity index (χ1n) is 8.04. The number of urea groups is 1. The number of piperidine rings is 1. The number of rotatable bonds is 4. The summed E-state index contributed by atoms with van der Waals surface area (Å²) in [7, 11) is 3.53. The molecular formula is C15H28N4O2. The number of nitrogens with zero attached hydrogens (tertiary/aromatic N) is 3. The zero-order chi connectivity index (χ0) is 15.2. The van der Waals surface area contributed by atoms with Crippen LogP contribution in [0.15, 0.2) is 0 Å². The van der Waals surface area contributed by atoms with Crippen LogP contribution in [0.25, 0.3) is 0 Å². The molecule has 0 aromatic heterocycles. The lowest BCUT2D eigenvalue weighted by Crippen LogP contribution is -2.47. The lowest BCUT2D eigenvalue weighted by Gasteiger charge is -2.33. The van der Waals surface area contributed by atoms with E-state index in [1.165, 1.54) is 25.9 Å². The Morgan fingerprint density at radius 2 is 1.71 bits per heavy atom. The Morgan fingerprint density at radius 1 is 1.10 bits per heavy atom. The highest BCUT2D eigenvalue weighted by Crippen LogP contribution is 2.18. The predicted octanol–water partition coefficient (Wildman–Crippen LogP) is 0.592. The van der Waals surface area contributed by atoms with Crippen molar-refractivity contribution in [2.75, 3.05) is 53.4 Å². The lowest BCUT2D eigenvalue weighted by atomic mass is 9.96. The molecule has 2 aliphatic rings. The van der Waals surface area contributed by atoms with E-state index < -0.39 is 0 Å². The largest absolute Gasteiger partial charge is 0.355 e. The molecule has 0 aromatic carbocycles. The van der Waals surface area contributed by atoms with Gasteiger partial charge in [-0.3, -0.25) is 4.79 Å². The molecule has 0 aromatic rings. The van der Waals surface area contributed by atoms with Crippen molar-refractivity contribution in [3.63, 3.8) is 0 Å². The fourth-order valence-corrected chi connectivity index (χ4v) is 3.10. The molecule has 120 valence electrons. The van der Waals surface area contributed by atoms with Crippen molar-refractivity contribution < 1.29 is 9.59 Å². The first-order valence-corrected chi connectivity index (χ1v) is 8.04. The molecule has 0 saturated carbocycles. The summed E-state index contributed by atoms with van der Waals surface area (Å²) in [6, 6.07) is 0.0443. The quantitative estimate of drug-likeness (QED) is 0.826. The summed E-state index contributed by atoms with van der Waals surface area (Å²) in [5.41, 5.74) is 0. The second-order valence-electron chi connectivity index (χ2n) is 6.28. The topological polar surface area (TPSA) is 55.9 Å². The molecule has 2 heterocycles. The van der Waals surface area contributed by atoms with Gasteiger partial charge in [0.15, 0.2) is 0 Å². The minimum absolute atomic E-state index is 0.0443. The van der Waals surface area contributed by atoms with Gasteiger partial charge in [0.25, 0.3) is 0 Å². The molecule has 6 nitrogen and oxygen atoms in total. The van der Waals surface area contributed by atoms with Gasteiger partial charge in [0.05, 0.1) is 0 Å². The molecule has 6 heteroatoms. The van der Waals surface area contributed by atoms with E-state index in [2.05, 4.69) is 10.2 Å². The zero-order valence-electron chi connectivity index (χ0n) is 13.3. The van der Waals surface area contributed by atoms with Crippen LogP contribution in [0.5, 0.6) is 0 Å². The molecule has 2 saturated heterocycles. The van der Waals surface area contributed by atoms with E-state index in [1.807, 2.05) is 4.90 Å². The van der Waals surface area contributed by atoms with Crippen molar-refractivity contribution in [3.05, 3.63) is 0 Å². The Balaban J connectivity index is 1.64. The number of amides is 3. The third-order valence-corrected chi connectivity index (χ3v) is 4.44. The molecule has 0 unspecified atom stereocenters. The third-order valence-electron chi connectivity index (χ3n) is 4.44. The van der Waals surface area contributed by atoms with Gasteiger partial charge in [-0.2, -0.15) is 0 Å². The van der Waals surface area contributed by atoms with Crippen LogP contribution in [0.1, 0.15) is 25.7 Å². The smallest absolute Gasteiger partial charge is 0.319 e. The van der Waals surface area contributed by atoms with E-state index in [0.29, 0.717) is 13.1 Å². The summed E-state index contributed by atoms with van der Waals surface area (Å²) < 4.78 is 0. The van der Waals surface area contributed by atoms with Gasteiger partial charge < -0.3 is 20.0 Å². The fourth-order valence-electron chi connectivity index (χ4n) is 3.10. The summed E-state index contributed by atoms with van der Waals surface area (Å²) in [4.78, 5) is 29.8. The minimum Gasteiger partial charge on any atom is -0.355 e. The highest BCUT2D eigenvalue weighted by molar-refractivity contribution is 5.79. The lowest BCUT2D eigenvalue weighted by molar-refractivity contribution is -0.126.